The van der Waals surface area contributed by atoms with E-state index in [1.165, 1.54) is 5.56 Å². The van der Waals surface area contributed by atoms with Gasteiger partial charge in [-0.3, -0.25) is 14.5 Å². The Morgan fingerprint density at radius 1 is 1.46 bits per heavy atom. The van der Waals surface area contributed by atoms with Gasteiger partial charge in [0, 0.05) is 51.9 Å². The average molecular weight is 334 g/mol. The smallest absolute Gasteiger partial charge is 0.222 e. The molecule has 24 heavy (non-hydrogen) atoms. The van der Waals surface area contributed by atoms with Crippen LogP contribution in [0.25, 0.3) is 0 Å². The molecule has 2 heterocycles. The summed E-state index contributed by atoms with van der Waals surface area (Å²) < 4.78 is 1.83. The summed E-state index contributed by atoms with van der Waals surface area (Å²) in [7, 11) is 1.93. The molecular weight excluding hydrogens is 304 g/mol. The number of amides is 1. The molecule has 7 heteroatoms. The molecule has 2 rings (SSSR count). The van der Waals surface area contributed by atoms with Crippen molar-refractivity contribution in [3.05, 3.63) is 18.0 Å². The van der Waals surface area contributed by atoms with E-state index in [0.29, 0.717) is 6.42 Å². The SMILES string of the molecule is CCNC(=NCCCc1cnn(C)c1)NC1CCN(C(=O)CC)C1. The zero-order chi connectivity index (χ0) is 17.4. The summed E-state index contributed by atoms with van der Waals surface area (Å²) in [5.74, 6) is 1.08. The number of carbonyl (C=O) groups excluding carboxylic acids is 1. The molecule has 0 spiro atoms. The van der Waals surface area contributed by atoms with Gasteiger partial charge in [-0.1, -0.05) is 6.92 Å². The maximum absolute atomic E-state index is 11.8. The van der Waals surface area contributed by atoms with E-state index in [4.69, 9.17) is 0 Å². The summed E-state index contributed by atoms with van der Waals surface area (Å²) >= 11 is 0. The van der Waals surface area contributed by atoms with Gasteiger partial charge in [0.05, 0.1) is 6.20 Å². The molecule has 1 saturated heterocycles. The van der Waals surface area contributed by atoms with Crippen LogP contribution < -0.4 is 10.6 Å². The van der Waals surface area contributed by atoms with Crippen LogP contribution in [0.15, 0.2) is 17.4 Å². The number of nitrogens with zero attached hydrogens (tertiary/aromatic N) is 4. The van der Waals surface area contributed by atoms with E-state index in [-0.39, 0.29) is 11.9 Å². The number of nitrogens with one attached hydrogen (secondary N) is 2. The summed E-state index contributed by atoms with van der Waals surface area (Å²) in [5, 5.41) is 10.9. The first-order valence-electron chi connectivity index (χ1n) is 8.92. The van der Waals surface area contributed by atoms with Crippen molar-refractivity contribution in [3.63, 3.8) is 0 Å². The van der Waals surface area contributed by atoms with E-state index in [2.05, 4.69) is 27.6 Å². The summed E-state index contributed by atoms with van der Waals surface area (Å²) in [4.78, 5) is 18.4. The van der Waals surface area contributed by atoms with Crippen LogP contribution in [0.5, 0.6) is 0 Å². The summed E-state index contributed by atoms with van der Waals surface area (Å²) in [6.07, 6.45) is 7.49. The van der Waals surface area contributed by atoms with Crippen LogP contribution in [0.3, 0.4) is 0 Å². The number of hydrogen-bond donors (Lipinski definition) is 2. The topological polar surface area (TPSA) is 74.6 Å². The molecule has 7 nitrogen and oxygen atoms in total. The molecule has 1 aromatic rings. The molecule has 1 aliphatic rings. The Labute approximate surface area is 144 Å². The molecule has 1 aliphatic heterocycles. The summed E-state index contributed by atoms with van der Waals surface area (Å²) in [5.41, 5.74) is 1.25. The zero-order valence-corrected chi connectivity index (χ0v) is 15.1. The molecular formula is C17H30N6O. The lowest BCUT2D eigenvalue weighted by atomic mass is 10.2. The second kappa shape index (κ2) is 9.30. The Morgan fingerprint density at radius 2 is 2.29 bits per heavy atom. The van der Waals surface area contributed by atoms with Gasteiger partial charge in [0.2, 0.25) is 5.91 Å². The standard InChI is InChI=1S/C17H30N6O/c1-4-16(24)23-10-8-15(13-23)21-17(18-5-2)19-9-6-7-14-11-20-22(3)12-14/h11-12,15H,4-10,13H2,1-3H3,(H2,18,19,21). The lowest BCUT2D eigenvalue weighted by Gasteiger charge is -2.18. The van der Waals surface area contributed by atoms with Crippen molar-refractivity contribution >= 4 is 11.9 Å². The van der Waals surface area contributed by atoms with E-state index in [1.807, 2.05) is 35.9 Å². The van der Waals surface area contributed by atoms with Gasteiger partial charge in [-0.15, -0.1) is 0 Å². The van der Waals surface area contributed by atoms with Crippen LogP contribution in [0.2, 0.25) is 0 Å². The molecule has 1 amide bonds. The molecule has 0 aromatic carbocycles. The fourth-order valence-corrected chi connectivity index (χ4v) is 2.92. The van der Waals surface area contributed by atoms with Gasteiger partial charge in [-0.05, 0) is 31.7 Å². The Hall–Kier alpha value is -2.05. The Kier molecular flexibility index (Phi) is 7.08. The molecule has 1 fully saturated rings. The van der Waals surface area contributed by atoms with Crippen LogP contribution in [-0.2, 0) is 18.3 Å². The summed E-state index contributed by atoms with van der Waals surface area (Å²) in [6, 6.07) is 0.289. The van der Waals surface area contributed by atoms with Crippen LogP contribution in [-0.4, -0.2) is 58.8 Å². The van der Waals surface area contributed by atoms with Crippen molar-refractivity contribution in [1.29, 1.82) is 0 Å². The number of hydrogen-bond acceptors (Lipinski definition) is 3. The van der Waals surface area contributed by atoms with Crippen LogP contribution in [0.1, 0.15) is 38.7 Å². The van der Waals surface area contributed by atoms with Crippen molar-refractivity contribution in [2.75, 3.05) is 26.2 Å². The quantitative estimate of drug-likeness (QED) is 0.442. The van der Waals surface area contributed by atoms with Gasteiger partial charge in [-0.25, -0.2) is 0 Å². The largest absolute Gasteiger partial charge is 0.357 e. The second-order valence-electron chi connectivity index (χ2n) is 6.21. The van der Waals surface area contributed by atoms with E-state index in [0.717, 1.165) is 51.4 Å². The molecule has 0 radical (unpaired) electrons. The second-order valence-corrected chi connectivity index (χ2v) is 6.21. The Balaban J connectivity index is 1.77. The highest BCUT2D eigenvalue weighted by Crippen LogP contribution is 2.10. The van der Waals surface area contributed by atoms with Gasteiger partial charge < -0.3 is 15.5 Å². The first kappa shape index (κ1) is 18.3. The van der Waals surface area contributed by atoms with Crippen molar-refractivity contribution in [3.8, 4) is 0 Å². The fraction of sp³-hybridized carbons (Fsp3) is 0.706. The lowest BCUT2D eigenvalue weighted by Crippen LogP contribution is -2.45. The van der Waals surface area contributed by atoms with Crippen molar-refractivity contribution in [2.24, 2.45) is 12.0 Å². The fourth-order valence-electron chi connectivity index (χ4n) is 2.92. The molecule has 0 bridgehead atoms. The van der Waals surface area contributed by atoms with Crippen LogP contribution in [0, 0.1) is 0 Å². The zero-order valence-electron chi connectivity index (χ0n) is 15.1. The number of rotatable bonds is 7. The van der Waals surface area contributed by atoms with E-state index in [9.17, 15) is 4.79 Å². The molecule has 1 unspecified atom stereocenters. The summed E-state index contributed by atoms with van der Waals surface area (Å²) in [6.45, 7) is 7.19. The molecule has 1 atom stereocenters. The first-order chi connectivity index (χ1) is 11.6. The third-order valence-electron chi connectivity index (χ3n) is 4.18. The predicted octanol–water partition coefficient (Wildman–Crippen LogP) is 0.919. The third-order valence-corrected chi connectivity index (χ3v) is 4.18. The van der Waals surface area contributed by atoms with Gasteiger partial charge in [-0.2, -0.15) is 5.10 Å². The molecule has 134 valence electrons. The van der Waals surface area contributed by atoms with Gasteiger partial charge in [0.25, 0.3) is 0 Å². The van der Waals surface area contributed by atoms with Crippen molar-refractivity contribution in [1.82, 2.24) is 25.3 Å². The van der Waals surface area contributed by atoms with E-state index in [1.54, 1.807) is 0 Å². The maximum Gasteiger partial charge on any atom is 0.222 e. The van der Waals surface area contributed by atoms with Gasteiger partial charge >= 0.3 is 0 Å². The average Bonchev–Trinajstić information content (AvgIpc) is 3.20. The molecule has 0 saturated carbocycles. The normalized spacial score (nSPS) is 18.0. The highest BCUT2D eigenvalue weighted by atomic mass is 16.2. The van der Waals surface area contributed by atoms with Crippen LogP contribution >= 0.6 is 0 Å². The first-order valence-corrected chi connectivity index (χ1v) is 8.92. The third kappa shape index (κ3) is 5.54. The van der Waals surface area contributed by atoms with Crippen molar-refractivity contribution < 1.29 is 4.79 Å². The van der Waals surface area contributed by atoms with Gasteiger partial charge in [0.15, 0.2) is 5.96 Å². The monoisotopic (exact) mass is 334 g/mol. The van der Waals surface area contributed by atoms with Crippen LogP contribution in [0.4, 0.5) is 0 Å². The number of aliphatic imine (C=N–C) groups is 1. The van der Waals surface area contributed by atoms with Crippen molar-refractivity contribution in [2.45, 2.75) is 45.6 Å². The van der Waals surface area contributed by atoms with E-state index >= 15 is 0 Å². The number of aryl methyl sites for hydroxylation is 2. The number of likely N-dealkylation sites (tertiary alicyclic amines) is 1. The minimum Gasteiger partial charge on any atom is -0.357 e. The molecule has 2 N–H and O–H groups in total. The number of aromatic nitrogens is 2. The Bertz CT molecular complexity index is 553. The maximum atomic E-state index is 11.8. The molecule has 1 aromatic heterocycles. The molecule has 0 aliphatic carbocycles. The highest BCUT2D eigenvalue weighted by Gasteiger charge is 2.25. The Morgan fingerprint density at radius 3 is 2.96 bits per heavy atom. The number of carbonyl (C=O) groups is 1. The minimum absolute atomic E-state index is 0.234. The predicted molar refractivity (Wildman–Crippen MR) is 95.9 cm³/mol. The lowest BCUT2D eigenvalue weighted by molar-refractivity contribution is -0.129. The van der Waals surface area contributed by atoms with E-state index < -0.39 is 0 Å². The number of guanidine groups is 1. The van der Waals surface area contributed by atoms with Gasteiger partial charge in [0.1, 0.15) is 0 Å². The minimum atomic E-state index is 0.234. The highest BCUT2D eigenvalue weighted by molar-refractivity contribution is 5.80.